The van der Waals surface area contributed by atoms with Crippen molar-refractivity contribution in [1.82, 2.24) is 9.55 Å². The van der Waals surface area contributed by atoms with Crippen LogP contribution in [0.1, 0.15) is 29.0 Å². The lowest BCUT2D eigenvalue weighted by molar-refractivity contribution is -0.120. The second-order valence-electron chi connectivity index (χ2n) is 7.57. The largest absolute Gasteiger partial charge is 0.484 e. The quantitative estimate of drug-likeness (QED) is 0.393. The molecule has 2 aromatic carbocycles. The predicted octanol–water partition coefficient (Wildman–Crippen LogP) is 3.06. The van der Waals surface area contributed by atoms with E-state index in [-0.39, 0.29) is 24.5 Å². The summed E-state index contributed by atoms with van der Waals surface area (Å²) in [6.07, 6.45) is 0.125. The van der Waals surface area contributed by atoms with Crippen molar-refractivity contribution in [2.24, 2.45) is 12.8 Å². The molecule has 10 heteroatoms. The highest BCUT2D eigenvalue weighted by molar-refractivity contribution is 7.98. The molecule has 3 N–H and O–H groups in total. The van der Waals surface area contributed by atoms with Crippen LogP contribution in [-0.2, 0) is 22.4 Å². The topological polar surface area (TPSA) is 116 Å². The van der Waals surface area contributed by atoms with E-state index in [1.807, 2.05) is 18.2 Å². The molecule has 2 amide bonds. The van der Waals surface area contributed by atoms with Gasteiger partial charge in [-0.2, -0.15) is 4.98 Å². The van der Waals surface area contributed by atoms with E-state index in [1.54, 1.807) is 41.9 Å². The van der Waals surface area contributed by atoms with E-state index in [4.69, 9.17) is 22.1 Å². The molecule has 0 spiro atoms. The van der Waals surface area contributed by atoms with Gasteiger partial charge in [-0.15, -0.1) is 0 Å². The van der Waals surface area contributed by atoms with Crippen molar-refractivity contribution in [1.29, 1.82) is 0 Å². The number of primary amides is 1. The summed E-state index contributed by atoms with van der Waals surface area (Å²) >= 11 is 7.44. The summed E-state index contributed by atoms with van der Waals surface area (Å²) in [4.78, 5) is 40.8. The lowest BCUT2D eigenvalue weighted by Crippen LogP contribution is -2.33. The van der Waals surface area contributed by atoms with E-state index in [9.17, 15) is 14.4 Å². The highest BCUT2D eigenvalue weighted by Gasteiger charge is 2.32. The average molecular weight is 485 g/mol. The fourth-order valence-electron chi connectivity index (χ4n) is 3.67. The smallest absolute Gasteiger partial charge is 0.279 e. The number of nitrogens with two attached hydrogens (primary N) is 1. The third-order valence-electron chi connectivity index (χ3n) is 5.22. The van der Waals surface area contributed by atoms with Crippen molar-refractivity contribution in [3.8, 4) is 5.75 Å². The molecular weight excluding hydrogens is 464 g/mol. The van der Waals surface area contributed by atoms with Crippen LogP contribution in [0.25, 0.3) is 0 Å². The van der Waals surface area contributed by atoms with E-state index in [0.717, 1.165) is 11.1 Å². The van der Waals surface area contributed by atoms with Gasteiger partial charge in [0.2, 0.25) is 5.91 Å². The van der Waals surface area contributed by atoms with Gasteiger partial charge in [0, 0.05) is 30.2 Å². The van der Waals surface area contributed by atoms with Crippen molar-refractivity contribution >= 4 is 41.0 Å². The molecule has 0 fully saturated rings. The van der Waals surface area contributed by atoms with E-state index in [0.29, 0.717) is 33.1 Å². The monoisotopic (exact) mass is 484 g/mol. The highest BCUT2D eigenvalue weighted by Crippen LogP contribution is 2.36. The molecule has 0 aliphatic carbocycles. The van der Waals surface area contributed by atoms with Crippen LogP contribution >= 0.6 is 23.4 Å². The third kappa shape index (κ3) is 5.20. The summed E-state index contributed by atoms with van der Waals surface area (Å²) in [5.74, 6) is 0.279. The molecule has 1 aliphatic heterocycles. The van der Waals surface area contributed by atoms with Crippen molar-refractivity contribution in [3.63, 3.8) is 0 Å². The van der Waals surface area contributed by atoms with Crippen LogP contribution in [0.4, 0.5) is 5.82 Å². The van der Waals surface area contributed by atoms with Crippen LogP contribution in [0.2, 0.25) is 5.02 Å². The van der Waals surface area contributed by atoms with Gasteiger partial charge in [-0.3, -0.25) is 14.4 Å². The highest BCUT2D eigenvalue weighted by atomic mass is 35.5. The van der Waals surface area contributed by atoms with Crippen molar-refractivity contribution < 1.29 is 14.3 Å². The van der Waals surface area contributed by atoms with Gasteiger partial charge in [0.15, 0.2) is 11.8 Å². The Labute approximate surface area is 199 Å². The lowest BCUT2D eigenvalue weighted by atomic mass is 9.87. The van der Waals surface area contributed by atoms with Crippen LogP contribution < -0.4 is 21.3 Å². The minimum Gasteiger partial charge on any atom is -0.484 e. The molecule has 3 aromatic rings. The van der Waals surface area contributed by atoms with Crippen LogP contribution in [0.15, 0.2) is 58.5 Å². The maximum atomic E-state index is 13.1. The number of benzene rings is 2. The van der Waals surface area contributed by atoms with E-state index in [2.05, 4.69) is 10.3 Å². The number of rotatable bonds is 7. The van der Waals surface area contributed by atoms with Gasteiger partial charge in [0.25, 0.3) is 11.5 Å². The van der Waals surface area contributed by atoms with Crippen molar-refractivity contribution in [2.45, 2.75) is 23.2 Å². The van der Waals surface area contributed by atoms with Gasteiger partial charge in [-0.1, -0.05) is 47.6 Å². The third-order valence-corrected chi connectivity index (χ3v) is 6.56. The summed E-state index contributed by atoms with van der Waals surface area (Å²) < 4.78 is 7.02. The summed E-state index contributed by atoms with van der Waals surface area (Å²) in [6.45, 7) is -0.228. The maximum Gasteiger partial charge on any atom is 0.279 e. The van der Waals surface area contributed by atoms with Gasteiger partial charge < -0.3 is 20.4 Å². The van der Waals surface area contributed by atoms with Crippen LogP contribution in [0, 0.1) is 0 Å². The number of nitrogens with zero attached hydrogens (tertiary/aromatic N) is 2. The summed E-state index contributed by atoms with van der Waals surface area (Å²) in [7, 11) is 1.77. The number of carbonyl (C=O) groups is 2. The lowest BCUT2D eigenvalue weighted by Gasteiger charge is -2.27. The number of hydrogen-bond donors (Lipinski definition) is 2. The van der Waals surface area contributed by atoms with Gasteiger partial charge in [0.05, 0.1) is 5.56 Å². The van der Waals surface area contributed by atoms with Gasteiger partial charge in [0.1, 0.15) is 11.6 Å². The Hall–Kier alpha value is -3.30. The second-order valence-corrected chi connectivity index (χ2v) is 8.95. The first kappa shape index (κ1) is 22.9. The number of aromatic nitrogens is 2. The van der Waals surface area contributed by atoms with Crippen LogP contribution in [-0.4, -0.2) is 28.0 Å². The number of halogens is 1. The van der Waals surface area contributed by atoms with Gasteiger partial charge in [-0.05, 0) is 35.4 Å². The van der Waals surface area contributed by atoms with E-state index in [1.165, 1.54) is 11.8 Å². The molecule has 33 heavy (non-hydrogen) atoms. The molecule has 0 saturated heterocycles. The van der Waals surface area contributed by atoms with E-state index < -0.39 is 11.8 Å². The summed E-state index contributed by atoms with van der Waals surface area (Å²) in [5.41, 5.74) is 6.93. The molecular formula is C23H21ClN4O4S. The van der Waals surface area contributed by atoms with Crippen LogP contribution in [0.3, 0.4) is 0 Å². The standard InChI is InChI=1S/C23H21ClN4O4S/c1-28-21-20(22(31)27-23(28)33-12-13-3-2-4-15(24)9-13)17(10-19(30)26-21)14-5-7-16(8-6-14)32-11-18(25)29/h2-9,17H,10-12H2,1H3,(H2,25,29)(H,26,30). The normalized spacial score (nSPS) is 15.0. The molecule has 170 valence electrons. The Bertz CT molecular complexity index is 1280. The first-order chi connectivity index (χ1) is 15.8. The van der Waals surface area contributed by atoms with Crippen molar-refractivity contribution in [2.75, 3.05) is 11.9 Å². The number of nitrogens with one attached hydrogen (secondary N) is 1. The van der Waals surface area contributed by atoms with Gasteiger partial charge >= 0.3 is 0 Å². The molecule has 1 unspecified atom stereocenters. The molecule has 0 radical (unpaired) electrons. The number of amides is 2. The molecule has 1 aromatic heterocycles. The zero-order chi connectivity index (χ0) is 23.5. The van der Waals surface area contributed by atoms with E-state index >= 15 is 0 Å². The molecule has 1 atom stereocenters. The maximum absolute atomic E-state index is 13.1. The Morgan fingerprint density at radius 1 is 1.27 bits per heavy atom. The fourth-order valence-corrected chi connectivity index (χ4v) is 4.80. The summed E-state index contributed by atoms with van der Waals surface area (Å²) in [6, 6.07) is 14.4. The SMILES string of the molecule is Cn1c(SCc2cccc(Cl)c2)nc(=O)c2c1NC(=O)CC2c1ccc(OCC(N)=O)cc1. The number of anilines is 1. The fraction of sp³-hybridized carbons (Fsp3) is 0.217. The number of thioether (sulfide) groups is 1. The first-order valence-corrected chi connectivity index (χ1v) is 11.5. The molecule has 2 heterocycles. The molecule has 0 bridgehead atoms. The number of ether oxygens (including phenoxy) is 1. The number of carbonyl (C=O) groups excluding carboxylic acids is 2. The molecule has 8 nitrogen and oxygen atoms in total. The minimum atomic E-state index is -0.574. The zero-order valence-electron chi connectivity index (χ0n) is 17.7. The minimum absolute atomic E-state index is 0.125. The first-order valence-electron chi connectivity index (χ1n) is 10.1. The van der Waals surface area contributed by atoms with Crippen molar-refractivity contribution in [3.05, 3.63) is 80.6 Å². The summed E-state index contributed by atoms with van der Waals surface area (Å²) in [5, 5.41) is 3.97. The Morgan fingerprint density at radius 3 is 2.73 bits per heavy atom. The number of fused-ring (bicyclic) bond motifs is 1. The second kappa shape index (κ2) is 9.68. The molecule has 4 rings (SSSR count). The Balaban J connectivity index is 1.63. The Kier molecular flexibility index (Phi) is 6.71. The van der Waals surface area contributed by atoms with Crippen LogP contribution in [0.5, 0.6) is 5.75 Å². The average Bonchev–Trinajstić information content (AvgIpc) is 2.79. The number of hydrogen-bond acceptors (Lipinski definition) is 6. The zero-order valence-corrected chi connectivity index (χ0v) is 19.3. The predicted molar refractivity (Wildman–Crippen MR) is 127 cm³/mol. The Morgan fingerprint density at radius 2 is 2.03 bits per heavy atom. The molecule has 1 aliphatic rings. The molecule has 0 saturated carbocycles. The van der Waals surface area contributed by atoms with Gasteiger partial charge in [-0.25, -0.2) is 0 Å².